The Labute approximate surface area is 109 Å². The summed E-state index contributed by atoms with van der Waals surface area (Å²) < 4.78 is 0. The van der Waals surface area contributed by atoms with E-state index < -0.39 is 0 Å². The van der Waals surface area contributed by atoms with E-state index in [9.17, 15) is 4.79 Å². The van der Waals surface area contributed by atoms with Crippen molar-refractivity contribution in [1.29, 1.82) is 0 Å². The molecule has 1 unspecified atom stereocenters. The van der Waals surface area contributed by atoms with Crippen LogP contribution in [0.25, 0.3) is 0 Å². The van der Waals surface area contributed by atoms with Crippen LogP contribution < -0.4 is 11.3 Å². The highest BCUT2D eigenvalue weighted by Gasteiger charge is 2.07. The topological polar surface area (TPSA) is 58.4 Å². The Morgan fingerprint density at radius 2 is 1.89 bits per heavy atom. The highest BCUT2D eigenvalue weighted by molar-refractivity contribution is 5.77. The average molecular weight is 249 g/mol. The molecule has 1 amide bonds. The lowest BCUT2D eigenvalue weighted by Crippen LogP contribution is -2.31. The molecule has 0 saturated heterocycles. The fourth-order valence-corrected chi connectivity index (χ4v) is 1.75. The molecule has 1 atom stereocenters. The number of benzene rings is 1. The predicted octanol–water partition coefficient (Wildman–Crippen LogP) is 1.45. The van der Waals surface area contributed by atoms with Crippen LogP contribution in [0.4, 0.5) is 0 Å². The molecule has 0 aliphatic carbocycles. The first-order valence-corrected chi connectivity index (χ1v) is 6.34. The number of nitrogens with one attached hydrogen (secondary N) is 1. The molecule has 100 valence electrons. The summed E-state index contributed by atoms with van der Waals surface area (Å²) in [6.45, 7) is 5.34. The van der Waals surface area contributed by atoms with Gasteiger partial charge in [0.1, 0.15) is 0 Å². The zero-order chi connectivity index (χ0) is 13.5. The Hall–Kier alpha value is -1.39. The SMILES string of the molecule is CCC(C)N(C)Cc1ccc(CC(=O)NN)cc1. The maximum atomic E-state index is 11.1. The van der Waals surface area contributed by atoms with Crippen molar-refractivity contribution in [3.8, 4) is 0 Å². The number of hydrazine groups is 1. The van der Waals surface area contributed by atoms with Gasteiger partial charge in [-0.25, -0.2) is 5.84 Å². The quantitative estimate of drug-likeness (QED) is 0.456. The number of nitrogens with zero attached hydrogens (tertiary/aromatic N) is 1. The smallest absolute Gasteiger partial charge is 0.238 e. The first-order chi connectivity index (χ1) is 8.56. The molecule has 0 aromatic heterocycles. The van der Waals surface area contributed by atoms with Crippen molar-refractivity contribution in [2.45, 2.75) is 39.3 Å². The molecule has 0 bridgehead atoms. The Balaban J connectivity index is 2.57. The lowest BCUT2D eigenvalue weighted by Gasteiger charge is -2.23. The fourth-order valence-electron chi connectivity index (χ4n) is 1.75. The second-order valence-electron chi connectivity index (χ2n) is 4.73. The number of hydrogen-bond acceptors (Lipinski definition) is 3. The third kappa shape index (κ3) is 4.47. The number of amides is 1. The van der Waals surface area contributed by atoms with E-state index in [1.54, 1.807) is 0 Å². The molecule has 18 heavy (non-hydrogen) atoms. The summed E-state index contributed by atoms with van der Waals surface area (Å²) in [5, 5.41) is 0. The molecule has 0 aliphatic heterocycles. The van der Waals surface area contributed by atoms with E-state index in [2.05, 4.69) is 43.4 Å². The van der Waals surface area contributed by atoms with Gasteiger partial charge >= 0.3 is 0 Å². The number of carbonyl (C=O) groups is 1. The van der Waals surface area contributed by atoms with Crippen LogP contribution in [-0.2, 0) is 17.8 Å². The maximum absolute atomic E-state index is 11.1. The molecule has 0 spiro atoms. The van der Waals surface area contributed by atoms with E-state index in [1.807, 2.05) is 12.1 Å². The molecule has 0 radical (unpaired) electrons. The van der Waals surface area contributed by atoms with E-state index >= 15 is 0 Å². The second kappa shape index (κ2) is 7.13. The molecule has 0 fully saturated rings. The fraction of sp³-hybridized carbons (Fsp3) is 0.500. The summed E-state index contributed by atoms with van der Waals surface area (Å²) in [7, 11) is 2.13. The van der Waals surface area contributed by atoms with Gasteiger partial charge in [0, 0.05) is 12.6 Å². The summed E-state index contributed by atoms with van der Waals surface area (Å²) in [5.41, 5.74) is 4.37. The van der Waals surface area contributed by atoms with Crippen LogP contribution in [0.1, 0.15) is 31.4 Å². The molecule has 4 heteroatoms. The molecular weight excluding hydrogens is 226 g/mol. The predicted molar refractivity (Wildman–Crippen MR) is 73.7 cm³/mol. The molecule has 0 aliphatic rings. The van der Waals surface area contributed by atoms with Gasteiger partial charge in [0.25, 0.3) is 0 Å². The van der Waals surface area contributed by atoms with E-state index in [0.29, 0.717) is 12.5 Å². The first kappa shape index (κ1) is 14.7. The average Bonchev–Trinajstić information content (AvgIpc) is 2.39. The molecule has 1 rings (SSSR count). The second-order valence-corrected chi connectivity index (χ2v) is 4.73. The number of nitrogens with two attached hydrogens (primary N) is 1. The third-order valence-corrected chi connectivity index (χ3v) is 3.32. The van der Waals surface area contributed by atoms with Crippen LogP contribution in [0.3, 0.4) is 0 Å². The van der Waals surface area contributed by atoms with Crippen molar-refractivity contribution in [1.82, 2.24) is 10.3 Å². The molecule has 1 aromatic carbocycles. The normalized spacial score (nSPS) is 12.5. The van der Waals surface area contributed by atoms with E-state index in [-0.39, 0.29) is 5.91 Å². The molecule has 0 saturated carbocycles. The molecule has 0 heterocycles. The highest BCUT2D eigenvalue weighted by atomic mass is 16.2. The van der Waals surface area contributed by atoms with Crippen LogP contribution in [-0.4, -0.2) is 23.9 Å². The van der Waals surface area contributed by atoms with Gasteiger partial charge in [0.05, 0.1) is 6.42 Å². The van der Waals surface area contributed by atoms with Gasteiger partial charge in [-0.1, -0.05) is 31.2 Å². The molecule has 4 nitrogen and oxygen atoms in total. The first-order valence-electron chi connectivity index (χ1n) is 6.34. The van der Waals surface area contributed by atoms with Crippen molar-refractivity contribution in [2.24, 2.45) is 5.84 Å². The van der Waals surface area contributed by atoms with Gasteiger partial charge in [0.2, 0.25) is 5.91 Å². The summed E-state index contributed by atoms with van der Waals surface area (Å²) in [6, 6.07) is 8.67. The Kier molecular flexibility index (Phi) is 5.82. The van der Waals surface area contributed by atoms with Crippen molar-refractivity contribution >= 4 is 5.91 Å². The largest absolute Gasteiger partial charge is 0.299 e. The Morgan fingerprint density at radius 3 is 2.39 bits per heavy atom. The van der Waals surface area contributed by atoms with E-state index in [0.717, 1.165) is 18.5 Å². The lowest BCUT2D eigenvalue weighted by atomic mass is 10.1. The summed E-state index contributed by atoms with van der Waals surface area (Å²) in [4.78, 5) is 13.4. The minimum atomic E-state index is -0.167. The summed E-state index contributed by atoms with van der Waals surface area (Å²) in [5.74, 6) is 4.89. The van der Waals surface area contributed by atoms with Crippen LogP contribution in [0.5, 0.6) is 0 Å². The van der Waals surface area contributed by atoms with Gasteiger partial charge in [-0.15, -0.1) is 0 Å². The lowest BCUT2D eigenvalue weighted by molar-refractivity contribution is -0.120. The maximum Gasteiger partial charge on any atom is 0.238 e. The molecule has 3 N–H and O–H groups in total. The minimum absolute atomic E-state index is 0.167. The van der Waals surface area contributed by atoms with Gasteiger partial charge in [-0.2, -0.15) is 0 Å². The van der Waals surface area contributed by atoms with Crippen molar-refractivity contribution in [2.75, 3.05) is 7.05 Å². The molecule has 1 aromatic rings. The van der Waals surface area contributed by atoms with Crippen molar-refractivity contribution < 1.29 is 4.79 Å². The van der Waals surface area contributed by atoms with Crippen LogP contribution in [0.15, 0.2) is 24.3 Å². The van der Waals surface area contributed by atoms with Crippen molar-refractivity contribution in [3.63, 3.8) is 0 Å². The zero-order valence-corrected chi connectivity index (χ0v) is 11.4. The van der Waals surface area contributed by atoms with Crippen LogP contribution in [0.2, 0.25) is 0 Å². The molecular formula is C14H23N3O. The van der Waals surface area contributed by atoms with Gasteiger partial charge in [-0.05, 0) is 31.5 Å². The number of carbonyl (C=O) groups excluding carboxylic acids is 1. The Morgan fingerprint density at radius 1 is 1.33 bits per heavy atom. The highest BCUT2D eigenvalue weighted by Crippen LogP contribution is 2.10. The third-order valence-electron chi connectivity index (χ3n) is 3.32. The van der Waals surface area contributed by atoms with Crippen molar-refractivity contribution in [3.05, 3.63) is 35.4 Å². The van der Waals surface area contributed by atoms with Gasteiger partial charge in [0.15, 0.2) is 0 Å². The van der Waals surface area contributed by atoms with Crippen LogP contribution in [0, 0.1) is 0 Å². The van der Waals surface area contributed by atoms with E-state index in [1.165, 1.54) is 5.56 Å². The Bertz CT molecular complexity index is 375. The van der Waals surface area contributed by atoms with Gasteiger partial charge < -0.3 is 0 Å². The summed E-state index contributed by atoms with van der Waals surface area (Å²) in [6.07, 6.45) is 1.48. The van der Waals surface area contributed by atoms with E-state index in [4.69, 9.17) is 5.84 Å². The zero-order valence-electron chi connectivity index (χ0n) is 11.4. The monoisotopic (exact) mass is 249 g/mol. The number of rotatable bonds is 6. The summed E-state index contributed by atoms with van der Waals surface area (Å²) >= 11 is 0. The standard InChI is InChI=1S/C14H23N3O/c1-4-11(2)17(3)10-13-7-5-12(6-8-13)9-14(18)16-15/h5-8,11H,4,9-10,15H2,1-3H3,(H,16,18). The van der Waals surface area contributed by atoms with Crippen LogP contribution >= 0.6 is 0 Å². The number of hydrogen-bond donors (Lipinski definition) is 2. The minimum Gasteiger partial charge on any atom is -0.299 e. The van der Waals surface area contributed by atoms with Gasteiger partial charge in [-0.3, -0.25) is 15.1 Å².